The van der Waals surface area contributed by atoms with Gasteiger partial charge in [-0.05, 0) is 36.4 Å². The number of sulfone groups is 1. The molecule has 7 nitrogen and oxygen atoms in total. The fraction of sp³-hybridized carbons (Fsp3) is 0.0500. The first kappa shape index (κ1) is 18.8. The molecule has 0 aliphatic heterocycles. The van der Waals surface area contributed by atoms with E-state index in [4.69, 9.17) is 14.6 Å². The molecule has 29 heavy (non-hydrogen) atoms. The van der Waals surface area contributed by atoms with Gasteiger partial charge in [0, 0.05) is 17.9 Å². The summed E-state index contributed by atoms with van der Waals surface area (Å²) >= 11 is 0. The van der Waals surface area contributed by atoms with Gasteiger partial charge in [0.25, 0.3) is 0 Å². The van der Waals surface area contributed by atoms with E-state index >= 15 is 0 Å². The highest BCUT2D eigenvalue weighted by molar-refractivity contribution is 7.90. The number of nitrogen functional groups attached to an aromatic ring is 1. The van der Waals surface area contributed by atoms with Gasteiger partial charge >= 0.3 is 5.97 Å². The number of nitrogens with two attached hydrogens (primary N) is 1. The molecule has 0 saturated carbocycles. The lowest BCUT2D eigenvalue weighted by Crippen LogP contribution is -2.05. The zero-order chi connectivity index (χ0) is 20.9. The normalized spacial score (nSPS) is 11.8. The highest BCUT2D eigenvalue weighted by Gasteiger charge is 2.29. The summed E-state index contributed by atoms with van der Waals surface area (Å²) < 4.78 is 49.1. The van der Waals surface area contributed by atoms with Crippen LogP contribution >= 0.6 is 0 Å². The van der Waals surface area contributed by atoms with Crippen LogP contribution in [-0.4, -0.2) is 25.7 Å². The van der Waals surface area contributed by atoms with E-state index in [0.29, 0.717) is 5.56 Å². The van der Waals surface area contributed by atoms with Crippen molar-refractivity contribution in [3.63, 3.8) is 0 Å². The van der Waals surface area contributed by atoms with Crippen molar-refractivity contribution in [3.05, 3.63) is 60.1 Å². The van der Waals surface area contributed by atoms with Crippen molar-refractivity contribution in [3.8, 4) is 22.6 Å². The van der Waals surface area contributed by atoms with Crippen LogP contribution in [0.3, 0.4) is 0 Å². The molecule has 0 aliphatic rings. The number of hydrogen-bond donors (Lipinski definition) is 2. The van der Waals surface area contributed by atoms with E-state index in [1.165, 1.54) is 30.5 Å². The Morgan fingerprint density at radius 1 is 1.17 bits per heavy atom. The van der Waals surface area contributed by atoms with Gasteiger partial charge in [0.05, 0.1) is 27.8 Å². The molecular weight excluding hydrogens is 401 g/mol. The lowest BCUT2D eigenvalue weighted by Gasteiger charge is -2.10. The summed E-state index contributed by atoms with van der Waals surface area (Å²) in [6, 6.07) is 9.34. The average molecular weight is 415 g/mol. The number of rotatable bonds is 4. The number of carbonyl (C=O) groups is 1. The van der Waals surface area contributed by atoms with Gasteiger partial charge < -0.3 is 19.7 Å². The Morgan fingerprint density at radius 3 is 2.41 bits per heavy atom. The highest BCUT2D eigenvalue weighted by atomic mass is 32.2. The third kappa shape index (κ3) is 3.05. The molecule has 148 valence electrons. The molecule has 2 aromatic carbocycles. The molecule has 2 aromatic heterocycles. The van der Waals surface area contributed by atoms with E-state index in [1.807, 2.05) is 0 Å². The minimum Gasteiger partial charge on any atom is -0.478 e. The molecule has 0 spiro atoms. The Kier molecular flexibility index (Phi) is 4.20. The summed E-state index contributed by atoms with van der Waals surface area (Å²) in [7, 11) is -3.76. The Balaban J connectivity index is 2.16. The first-order chi connectivity index (χ1) is 13.7. The number of halogens is 1. The van der Waals surface area contributed by atoms with Gasteiger partial charge in [-0.3, -0.25) is 0 Å². The summed E-state index contributed by atoms with van der Waals surface area (Å²) in [4.78, 5) is 11.9. The zero-order valence-electron chi connectivity index (χ0n) is 15.0. The highest BCUT2D eigenvalue weighted by Crippen LogP contribution is 2.44. The van der Waals surface area contributed by atoms with Gasteiger partial charge in [0.15, 0.2) is 9.84 Å². The Bertz CT molecular complexity index is 1350. The standard InChI is InChI=1S/C20H14FNO6S/c1-29(25,26)14-9-13-16(18(22)15(14)12-3-2-8-27-12)17(20(23)24)19(28-13)10-4-6-11(21)7-5-10/h2-9H,22H2,1H3,(H,23,24). The second-order valence-electron chi connectivity index (χ2n) is 6.40. The molecule has 9 heteroatoms. The maximum atomic E-state index is 13.3. The predicted octanol–water partition coefficient (Wildman–Crippen LogP) is 4.18. The van der Waals surface area contributed by atoms with Gasteiger partial charge in [-0.2, -0.15) is 0 Å². The van der Waals surface area contributed by atoms with Crippen molar-refractivity contribution < 1.29 is 31.5 Å². The fourth-order valence-corrected chi connectivity index (χ4v) is 4.15. The summed E-state index contributed by atoms with van der Waals surface area (Å²) in [6.45, 7) is 0. The second-order valence-corrected chi connectivity index (χ2v) is 8.39. The van der Waals surface area contributed by atoms with E-state index in [0.717, 1.165) is 18.4 Å². The molecule has 0 saturated heterocycles. The number of furan rings is 2. The molecule has 0 aliphatic carbocycles. The molecule has 3 N–H and O–H groups in total. The summed E-state index contributed by atoms with van der Waals surface area (Å²) in [5.74, 6) is -1.71. The van der Waals surface area contributed by atoms with E-state index in [1.54, 1.807) is 6.07 Å². The van der Waals surface area contributed by atoms with E-state index in [9.17, 15) is 22.7 Å². The van der Waals surface area contributed by atoms with Crippen LogP contribution in [0.25, 0.3) is 33.6 Å². The third-order valence-corrected chi connectivity index (χ3v) is 5.59. The molecule has 0 unspecified atom stereocenters. The number of benzene rings is 2. The zero-order valence-corrected chi connectivity index (χ0v) is 15.8. The first-order valence-electron chi connectivity index (χ1n) is 8.30. The molecule has 0 atom stereocenters. The number of fused-ring (bicyclic) bond motifs is 1. The smallest absolute Gasteiger partial charge is 0.340 e. The summed E-state index contributed by atoms with van der Waals surface area (Å²) in [5, 5.41) is 9.85. The number of anilines is 1. The number of aromatic carboxylic acids is 1. The second kappa shape index (κ2) is 6.49. The van der Waals surface area contributed by atoms with Crippen molar-refractivity contribution in [2.75, 3.05) is 12.0 Å². The lowest BCUT2D eigenvalue weighted by molar-refractivity contribution is 0.0699. The lowest BCUT2D eigenvalue weighted by atomic mass is 10.0. The van der Waals surface area contributed by atoms with Gasteiger partial charge in [-0.15, -0.1) is 0 Å². The van der Waals surface area contributed by atoms with Gasteiger partial charge in [0.1, 0.15) is 28.5 Å². The Morgan fingerprint density at radius 2 is 1.86 bits per heavy atom. The fourth-order valence-electron chi connectivity index (χ4n) is 3.24. The van der Waals surface area contributed by atoms with Gasteiger partial charge in [0.2, 0.25) is 0 Å². The van der Waals surface area contributed by atoms with Crippen molar-refractivity contribution in [1.82, 2.24) is 0 Å². The van der Waals surface area contributed by atoms with E-state index in [-0.39, 0.29) is 44.2 Å². The molecule has 0 bridgehead atoms. The molecule has 0 amide bonds. The summed E-state index contributed by atoms with van der Waals surface area (Å²) in [6.07, 6.45) is 2.35. The van der Waals surface area contributed by atoms with Crippen LogP contribution in [0, 0.1) is 5.82 Å². The van der Waals surface area contributed by atoms with Crippen LogP contribution in [0.1, 0.15) is 10.4 Å². The average Bonchev–Trinajstić information content (AvgIpc) is 3.29. The Labute approximate surface area is 164 Å². The Hall–Kier alpha value is -3.59. The van der Waals surface area contributed by atoms with Crippen LogP contribution in [-0.2, 0) is 9.84 Å². The number of hydrogen-bond acceptors (Lipinski definition) is 6. The van der Waals surface area contributed by atoms with Crippen LogP contribution in [0.2, 0.25) is 0 Å². The number of carboxylic acid groups (broad SMARTS) is 1. The maximum Gasteiger partial charge on any atom is 0.340 e. The quantitative estimate of drug-likeness (QED) is 0.479. The van der Waals surface area contributed by atoms with Crippen LogP contribution < -0.4 is 5.73 Å². The van der Waals surface area contributed by atoms with Crippen LogP contribution in [0.5, 0.6) is 0 Å². The van der Waals surface area contributed by atoms with Crippen molar-refractivity contribution in [2.45, 2.75) is 4.90 Å². The maximum absolute atomic E-state index is 13.3. The topological polar surface area (TPSA) is 124 Å². The number of carboxylic acids is 1. The van der Waals surface area contributed by atoms with Crippen molar-refractivity contribution in [1.29, 1.82) is 0 Å². The van der Waals surface area contributed by atoms with Crippen LogP contribution in [0.4, 0.5) is 10.1 Å². The third-order valence-electron chi connectivity index (χ3n) is 4.47. The molecule has 0 fully saturated rings. The predicted molar refractivity (Wildman–Crippen MR) is 104 cm³/mol. The van der Waals surface area contributed by atoms with Gasteiger partial charge in [-0.1, -0.05) is 0 Å². The SMILES string of the molecule is CS(=O)(=O)c1cc2oc(-c3ccc(F)cc3)c(C(=O)O)c2c(N)c1-c1ccco1. The van der Waals surface area contributed by atoms with E-state index < -0.39 is 21.6 Å². The summed E-state index contributed by atoms with van der Waals surface area (Å²) in [5.41, 5.74) is 6.24. The van der Waals surface area contributed by atoms with Crippen molar-refractivity contribution >= 4 is 32.5 Å². The largest absolute Gasteiger partial charge is 0.478 e. The van der Waals surface area contributed by atoms with Crippen molar-refractivity contribution in [2.24, 2.45) is 0 Å². The molecule has 2 heterocycles. The monoisotopic (exact) mass is 415 g/mol. The van der Waals surface area contributed by atoms with Crippen LogP contribution in [0.15, 0.2) is 62.5 Å². The van der Waals surface area contributed by atoms with Gasteiger partial charge in [-0.25, -0.2) is 17.6 Å². The molecule has 4 aromatic rings. The minimum absolute atomic E-state index is 0.0186. The molecule has 0 radical (unpaired) electrons. The molecule has 4 rings (SSSR count). The molecular formula is C20H14FNO6S. The van der Waals surface area contributed by atoms with E-state index in [2.05, 4.69) is 0 Å². The minimum atomic E-state index is -3.76. The first-order valence-corrected chi connectivity index (χ1v) is 10.2.